The Morgan fingerprint density at radius 3 is 2.33 bits per heavy atom. The molecule has 2 heteroatoms. The van der Waals surface area contributed by atoms with Gasteiger partial charge in [-0.2, -0.15) is 0 Å². The van der Waals surface area contributed by atoms with Crippen LogP contribution < -0.4 is 0 Å². The number of carbonyl (C=O) groups excluding carboxylic acids is 1. The molecule has 0 fully saturated rings. The summed E-state index contributed by atoms with van der Waals surface area (Å²) in [5.41, 5.74) is 2.54. The zero-order valence-electron chi connectivity index (χ0n) is 9.29. The van der Waals surface area contributed by atoms with E-state index in [2.05, 4.69) is 38.1 Å². The number of benzene rings is 1. The lowest BCUT2D eigenvalue weighted by Gasteiger charge is -2.06. The van der Waals surface area contributed by atoms with Crippen molar-refractivity contribution in [3.8, 4) is 0 Å². The SMILES string of the molecule is CC(C)c1ccc(CCC(=O)CCl)cc1. The van der Waals surface area contributed by atoms with E-state index in [-0.39, 0.29) is 11.7 Å². The zero-order chi connectivity index (χ0) is 11.3. The average Bonchev–Trinajstić information content (AvgIpc) is 2.26. The second-order valence-corrected chi connectivity index (χ2v) is 4.34. The summed E-state index contributed by atoms with van der Waals surface area (Å²) >= 11 is 5.44. The molecule has 0 atom stereocenters. The maximum Gasteiger partial charge on any atom is 0.147 e. The lowest BCUT2D eigenvalue weighted by atomic mass is 10.00. The fraction of sp³-hybridized carbons (Fsp3) is 0.462. The van der Waals surface area contributed by atoms with Gasteiger partial charge in [0.1, 0.15) is 5.78 Å². The summed E-state index contributed by atoms with van der Waals surface area (Å²) < 4.78 is 0. The fourth-order valence-electron chi connectivity index (χ4n) is 1.42. The van der Waals surface area contributed by atoms with E-state index in [1.54, 1.807) is 0 Å². The van der Waals surface area contributed by atoms with Crippen LogP contribution in [0.15, 0.2) is 24.3 Å². The van der Waals surface area contributed by atoms with E-state index in [4.69, 9.17) is 11.6 Å². The molecule has 0 amide bonds. The predicted molar refractivity (Wildman–Crippen MR) is 64.6 cm³/mol. The van der Waals surface area contributed by atoms with Crippen LogP contribution in [0.5, 0.6) is 0 Å². The molecule has 0 aliphatic heterocycles. The molecule has 0 aromatic heterocycles. The Morgan fingerprint density at radius 2 is 1.87 bits per heavy atom. The molecule has 0 saturated heterocycles. The van der Waals surface area contributed by atoms with Gasteiger partial charge < -0.3 is 0 Å². The molecule has 1 aromatic carbocycles. The van der Waals surface area contributed by atoms with E-state index in [0.29, 0.717) is 12.3 Å². The van der Waals surface area contributed by atoms with Crippen LogP contribution in [0.25, 0.3) is 0 Å². The van der Waals surface area contributed by atoms with Gasteiger partial charge in [0.05, 0.1) is 5.88 Å². The number of ketones is 1. The smallest absolute Gasteiger partial charge is 0.147 e. The molecule has 0 N–H and O–H groups in total. The summed E-state index contributed by atoms with van der Waals surface area (Å²) in [7, 11) is 0. The maximum atomic E-state index is 11.0. The van der Waals surface area contributed by atoms with Crippen molar-refractivity contribution >= 4 is 17.4 Å². The normalized spacial score (nSPS) is 10.7. The fourth-order valence-corrected chi connectivity index (χ4v) is 1.55. The number of rotatable bonds is 5. The number of Topliss-reactive ketones (excluding diaryl/α,β-unsaturated/α-hetero) is 1. The monoisotopic (exact) mass is 224 g/mol. The number of carbonyl (C=O) groups is 1. The molecule has 0 unspecified atom stereocenters. The van der Waals surface area contributed by atoms with Crippen molar-refractivity contribution < 1.29 is 4.79 Å². The summed E-state index contributed by atoms with van der Waals surface area (Å²) in [5, 5.41) is 0. The summed E-state index contributed by atoms with van der Waals surface area (Å²) in [6, 6.07) is 8.45. The number of alkyl halides is 1. The van der Waals surface area contributed by atoms with Crippen LogP contribution in [0.3, 0.4) is 0 Å². The van der Waals surface area contributed by atoms with Gasteiger partial charge in [-0.25, -0.2) is 0 Å². The molecule has 0 aliphatic carbocycles. The van der Waals surface area contributed by atoms with Gasteiger partial charge in [0.2, 0.25) is 0 Å². The van der Waals surface area contributed by atoms with E-state index < -0.39 is 0 Å². The first-order valence-electron chi connectivity index (χ1n) is 5.30. The number of aryl methyl sites for hydroxylation is 1. The molecule has 82 valence electrons. The molecule has 0 heterocycles. The maximum absolute atomic E-state index is 11.0. The number of hydrogen-bond acceptors (Lipinski definition) is 1. The molecular formula is C13H17ClO. The molecule has 0 spiro atoms. The standard InChI is InChI=1S/C13H17ClO/c1-10(2)12-6-3-11(4-7-12)5-8-13(15)9-14/h3-4,6-7,10H,5,8-9H2,1-2H3. The molecule has 0 aliphatic rings. The highest BCUT2D eigenvalue weighted by atomic mass is 35.5. The highest BCUT2D eigenvalue weighted by Gasteiger charge is 2.02. The summed E-state index contributed by atoms with van der Waals surface area (Å²) in [4.78, 5) is 11.0. The molecule has 15 heavy (non-hydrogen) atoms. The zero-order valence-corrected chi connectivity index (χ0v) is 10.1. The van der Waals surface area contributed by atoms with Gasteiger partial charge >= 0.3 is 0 Å². The van der Waals surface area contributed by atoms with Gasteiger partial charge in [-0.3, -0.25) is 4.79 Å². The minimum atomic E-state index is 0.115. The van der Waals surface area contributed by atoms with Crippen molar-refractivity contribution in [2.75, 3.05) is 5.88 Å². The topological polar surface area (TPSA) is 17.1 Å². The van der Waals surface area contributed by atoms with Crippen molar-refractivity contribution in [3.63, 3.8) is 0 Å². The Labute approximate surface area is 96.5 Å². The Morgan fingerprint density at radius 1 is 1.27 bits per heavy atom. The number of halogens is 1. The van der Waals surface area contributed by atoms with Crippen molar-refractivity contribution in [1.29, 1.82) is 0 Å². The van der Waals surface area contributed by atoms with Crippen molar-refractivity contribution in [1.82, 2.24) is 0 Å². The predicted octanol–water partition coefficient (Wildman–Crippen LogP) is 3.55. The first kappa shape index (κ1) is 12.3. The van der Waals surface area contributed by atoms with Crippen molar-refractivity contribution in [3.05, 3.63) is 35.4 Å². The highest BCUT2D eigenvalue weighted by Crippen LogP contribution is 2.15. The molecule has 0 radical (unpaired) electrons. The third kappa shape index (κ3) is 4.05. The third-order valence-corrected chi connectivity index (χ3v) is 2.79. The second-order valence-electron chi connectivity index (χ2n) is 4.07. The van der Waals surface area contributed by atoms with Crippen LogP contribution >= 0.6 is 11.6 Å². The van der Waals surface area contributed by atoms with Crippen molar-refractivity contribution in [2.24, 2.45) is 0 Å². The van der Waals surface area contributed by atoms with Crippen LogP contribution in [-0.4, -0.2) is 11.7 Å². The van der Waals surface area contributed by atoms with E-state index in [9.17, 15) is 4.79 Å². The van der Waals surface area contributed by atoms with Crippen LogP contribution in [0.2, 0.25) is 0 Å². The van der Waals surface area contributed by atoms with Gasteiger partial charge in [0, 0.05) is 6.42 Å². The van der Waals surface area contributed by atoms with Gasteiger partial charge in [0.15, 0.2) is 0 Å². The Bertz CT molecular complexity index is 314. The summed E-state index contributed by atoms with van der Waals surface area (Å²) in [5.74, 6) is 0.803. The van der Waals surface area contributed by atoms with Gasteiger partial charge in [-0.05, 0) is 23.5 Å². The lowest BCUT2D eigenvalue weighted by molar-refractivity contribution is -0.116. The van der Waals surface area contributed by atoms with Crippen LogP contribution in [0.1, 0.15) is 37.3 Å². The van der Waals surface area contributed by atoms with E-state index >= 15 is 0 Å². The molecule has 0 saturated carbocycles. The van der Waals surface area contributed by atoms with Crippen LogP contribution in [0.4, 0.5) is 0 Å². The first-order valence-corrected chi connectivity index (χ1v) is 5.83. The molecule has 1 rings (SSSR count). The second kappa shape index (κ2) is 5.92. The minimum absolute atomic E-state index is 0.115. The molecule has 0 bridgehead atoms. The number of hydrogen-bond donors (Lipinski definition) is 0. The average molecular weight is 225 g/mol. The first-order chi connectivity index (χ1) is 7.13. The Balaban J connectivity index is 2.53. The molecule has 1 aromatic rings. The van der Waals surface area contributed by atoms with Crippen LogP contribution in [0, 0.1) is 0 Å². The van der Waals surface area contributed by atoms with Crippen LogP contribution in [-0.2, 0) is 11.2 Å². The van der Waals surface area contributed by atoms with Crippen molar-refractivity contribution in [2.45, 2.75) is 32.6 Å². The van der Waals surface area contributed by atoms with Gasteiger partial charge in [-0.1, -0.05) is 38.1 Å². The Hall–Kier alpha value is -0.820. The van der Waals surface area contributed by atoms with Gasteiger partial charge in [-0.15, -0.1) is 11.6 Å². The lowest BCUT2D eigenvalue weighted by Crippen LogP contribution is -2.01. The Kier molecular flexibility index (Phi) is 4.83. The van der Waals surface area contributed by atoms with E-state index in [1.807, 2.05) is 0 Å². The van der Waals surface area contributed by atoms with E-state index in [1.165, 1.54) is 11.1 Å². The minimum Gasteiger partial charge on any atom is -0.298 e. The van der Waals surface area contributed by atoms with Gasteiger partial charge in [0.25, 0.3) is 0 Å². The molecule has 1 nitrogen and oxygen atoms in total. The quantitative estimate of drug-likeness (QED) is 0.700. The summed E-state index contributed by atoms with van der Waals surface area (Å²) in [6.45, 7) is 4.35. The van der Waals surface area contributed by atoms with E-state index in [0.717, 1.165) is 6.42 Å². The summed E-state index contributed by atoms with van der Waals surface area (Å²) in [6.07, 6.45) is 1.34. The largest absolute Gasteiger partial charge is 0.298 e. The molecular weight excluding hydrogens is 208 g/mol. The highest BCUT2D eigenvalue weighted by molar-refractivity contribution is 6.27. The third-order valence-electron chi connectivity index (χ3n) is 2.49.